The fourth-order valence-electron chi connectivity index (χ4n) is 2.55. The van der Waals surface area contributed by atoms with E-state index in [0.29, 0.717) is 17.4 Å². The number of nitrogens with zero attached hydrogens (tertiary/aromatic N) is 2. The van der Waals surface area contributed by atoms with Gasteiger partial charge in [-0.3, -0.25) is 9.48 Å². The first kappa shape index (κ1) is 16.8. The van der Waals surface area contributed by atoms with Crippen molar-refractivity contribution in [1.82, 2.24) is 9.78 Å². The molecular weight excluding hydrogens is 348 g/mol. The zero-order chi connectivity index (χ0) is 17.3. The van der Waals surface area contributed by atoms with Gasteiger partial charge in [-0.25, -0.2) is 0 Å². The van der Waals surface area contributed by atoms with E-state index >= 15 is 0 Å². The lowest BCUT2D eigenvalue weighted by Gasteiger charge is -2.07. The summed E-state index contributed by atoms with van der Waals surface area (Å²) in [4.78, 5) is 11.5. The van der Waals surface area contributed by atoms with Gasteiger partial charge in [0.1, 0.15) is 12.4 Å². The van der Waals surface area contributed by atoms with Crippen molar-refractivity contribution >= 4 is 39.0 Å². The van der Waals surface area contributed by atoms with Crippen LogP contribution in [0.2, 0.25) is 5.02 Å². The maximum absolute atomic E-state index is 11.5. The number of rotatable bonds is 5. The Kier molecular flexibility index (Phi) is 4.78. The number of thiophene rings is 1. The summed E-state index contributed by atoms with van der Waals surface area (Å²) in [5, 5.41) is 7.69. The van der Waals surface area contributed by atoms with Gasteiger partial charge >= 0.3 is 5.97 Å². The van der Waals surface area contributed by atoms with Crippen LogP contribution in [0.25, 0.3) is 10.1 Å². The zero-order valence-electron chi connectivity index (χ0n) is 13.6. The molecule has 0 spiro atoms. The minimum Gasteiger partial charge on any atom is -0.489 e. The molecule has 2 heterocycles. The summed E-state index contributed by atoms with van der Waals surface area (Å²) in [6, 6.07) is 3.72. The Balaban J connectivity index is 1.83. The summed E-state index contributed by atoms with van der Waals surface area (Å²) >= 11 is 7.95. The van der Waals surface area contributed by atoms with Gasteiger partial charge in [0.15, 0.2) is 0 Å². The molecule has 0 radical (unpaired) electrons. The summed E-state index contributed by atoms with van der Waals surface area (Å²) < 4.78 is 13.3. The van der Waals surface area contributed by atoms with Crippen LogP contribution in [0.1, 0.15) is 16.8 Å². The van der Waals surface area contributed by atoms with Gasteiger partial charge in [0.2, 0.25) is 0 Å². The van der Waals surface area contributed by atoms with E-state index in [-0.39, 0.29) is 12.4 Å². The molecule has 0 aliphatic heterocycles. The molecule has 0 unspecified atom stereocenters. The Morgan fingerprint density at radius 3 is 2.83 bits per heavy atom. The lowest BCUT2D eigenvalue weighted by molar-refractivity contribution is -0.139. The van der Waals surface area contributed by atoms with Crippen molar-refractivity contribution in [2.24, 2.45) is 7.05 Å². The van der Waals surface area contributed by atoms with E-state index in [1.807, 2.05) is 31.6 Å². The van der Waals surface area contributed by atoms with Crippen LogP contribution >= 0.6 is 22.9 Å². The van der Waals surface area contributed by atoms with Crippen molar-refractivity contribution in [3.8, 4) is 5.75 Å². The van der Waals surface area contributed by atoms with Crippen molar-refractivity contribution in [1.29, 1.82) is 0 Å². The Bertz CT molecular complexity index is 901. The lowest BCUT2D eigenvalue weighted by atomic mass is 10.1. The maximum atomic E-state index is 11.5. The highest BCUT2D eigenvalue weighted by atomic mass is 35.5. The van der Waals surface area contributed by atoms with Crippen LogP contribution in [0.4, 0.5) is 0 Å². The van der Waals surface area contributed by atoms with Crippen LogP contribution in [0, 0.1) is 6.92 Å². The molecule has 0 N–H and O–H groups in total. The molecule has 126 valence electrons. The molecule has 0 amide bonds. The van der Waals surface area contributed by atoms with Gasteiger partial charge in [-0.2, -0.15) is 5.10 Å². The van der Waals surface area contributed by atoms with E-state index in [9.17, 15) is 4.79 Å². The van der Waals surface area contributed by atoms with Crippen LogP contribution in [-0.2, 0) is 29.6 Å². The molecule has 0 aliphatic rings. The number of aromatic nitrogens is 2. The molecule has 2 aromatic heterocycles. The number of aryl methyl sites for hydroxylation is 2. The van der Waals surface area contributed by atoms with E-state index in [4.69, 9.17) is 21.1 Å². The molecule has 0 aliphatic carbocycles. The molecule has 0 atom stereocenters. The average Bonchev–Trinajstić information content (AvgIpc) is 3.08. The molecular formula is C17H17ClN2O3S. The van der Waals surface area contributed by atoms with Crippen molar-refractivity contribution in [2.45, 2.75) is 20.0 Å². The Hall–Kier alpha value is -2.05. The van der Waals surface area contributed by atoms with Gasteiger partial charge < -0.3 is 9.47 Å². The summed E-state index contributed by atoms with van der Waals surface area (Å²) in [6.45, 7) is 2.38. The second-order valence-corrected chi connectivity index (χ2v) is 6.81. The highest BCUT2D eigenvalue weighted by Crippen LogP contribution is 2.36. The molecule has 24 heavy (non-hydrogen) atoms. The first-order chi connectivity index (χ1) is 11.5. The molecule has 0 saturated carbocycles. The van der Waals surface area contributed by atoms with Crippen LogP contribution in [0.3, 0.4) is 0 Å². The number of carbonyl (C=O) groups excluding carboxylic acids is 1. The fraction of sp³-hybridized carbons (Fsp3) is 0.294. The van der Waals surface area contributed by atoms with E-state index in [0.717, 1.165) is 26.9 Å². The van der Waals surface area contributed by atoms with Crippen LogP contribution in [0.5, 0.6) is 5.75 Å². The largest absolute Gasteiger partial charge is 0.489 e. The van der Waals surface area contributed by atoms with Crippen molar-refractivity contribution < 1.29 is 14.3 Å². The monoisotopic (exact) mass is 364 g/mol. The number of hydrogen-bond donors (Lipinski definition) is 0. The Morgan fingerprint density at radius 2 is 2.17 bits per heavy atom. The van der Waals surface area contributed by atoms with E-state index in [2.05, 4.69) is 5.10 Å². The first-order valence-corrected chi connectivity index (χ1v) is 8.62. The predicted molar refractivity (Wildman–Crippen MR) is 94.8 cm³/mol. The van der Waals surface area contributed by atoms with Crippen LogP contribution in [-0.4, -0.2) is 22.9 Å². The van der Waals surface area contributed by atoms with Crippen molar-refractivity contribution in [3.05, 3.63) is 45.6 Å². The molecule has 1 aromatic carbocycles. The number of benzene rings is 1. The standard InChI is InChI=1S/C17H17ClN2O3S/c1-10-12(7-20(2)19-10)8-23-13-5-14(18)17-11(4-16(21)22-3)9-24-15(17)6-13/h5-7,9H,4,8H2,1-3H3. The molecule has 3 rings (SSSR count). The average molecular weight is 365 g/mol. The quantitative estimate of drug-likeness (QED) is 0.644. The fourth-order valence-corrected chi connectivity index (χ4v) is 3.95. The summed E-state index contributed by atoms with van der Waals surface area (Å²) in [5.74, 6) is 0.417. The minimum atomic E-state index is -0.279. The number of halogens is 1. The molecule has 0 saturated heterocycles. The SMILES string of the molecule is COC(=O)Cc1csc2cc(OCc3cn(C)nc3C)cc(Cl)c12. The predicted octanol–water partition coefficient (Wildman–Crippen LogP) is 3.89. The second-order valence-electron chi connectivity index (χ2n) is 5.49. The summed E-state index contributed by atoms with van der Waals surface area (Å²) in [6.07, 6.45) is 2.15. The molecule has 3 aromatic rings. The molecule has 7 heteroatoms. The molecule has 0 bridgehead atoms. The van der Waals surface area contributed by atoms with Gasteiger partial charge in [-0.1, -0.05) is 11.6 Å². The molecule has 5 nitrogen and oxygen atoms in total. The lowest BCUT2D eigenvalue weighted by Crippen LogP contribution is -2.03. The number of ether oxygens (including phenoxy) is 2. The highest BCUT2D eigenvalue weighted by Gasteiger charge is 2.14. The van der Waals surface area contributed by atoms with Gasteiger partial charge in [-0.15, -0.1) is 11.3 Å². The third-order valence-corrected chi connectivity index (χ3v) is 5.03. The topological polar surface area (TPSA) is 53.4 Å². The van der Waals surface area contributed by atoms with Gasteiger partial charge in [0.05, 0.1) is 24.2 Å². The number of methoxy groups -OCH3 is 1. The Labute approximate surface area is 148 Å². The molecule has 0 fully saturated rings. The first-order valence-electron chi connectivity index (χ1n) is 7.36. The smallest absolute Gasteiger partial charge is 0.310 e. The second kappa shape index (κ2) is 6.83. The van der Waals surface area contributed by atoms with Crippen LogP contribution < -0.4 is 4.74 Å². The van der Waals surface area contributed by atoms with Crippen molar-refractivity contribution in [2.75, 3.05) is 7.11 Å². The van der Waals surface area contributed by atoms with Crippen molar-refractivity contribution in [3.63, 3.8) is 0 Å². The maximum Gasteiger partial charge on any atom is 0.310 e. The third kappa shape index (κ3) is 3.39. The summed E-state index contributed by atoms with van der Waals surface area (Å²) in [5.41, 5.74) is 2.86. The number of esters is 1. The highest BCUT2D eigenvalue weighted by molar-refractivity contribution is 7.17. The number of carbonyl (C=O) groups is 1. The number of hydrogen-bond acceptors (Lipinski definition) is 5. The van der Waals surface area contributed by atoms with E-state index in [1.54, 1.807) is 10.7 Å². The van der Waals surface area contributed by atoms with Gasteiger partial charge in [-0.05, 0) is 30.0 Å². The normalized spacial score (nSPS) is 11.0. The third-order valence-electron chi connectivity index (χ3n) is 3.75. The van der Waals surface area contributed by atoms with E-state index < -0.39 is 0 Å². The van der Waals surface area contributed by atoms with E-state index in [1.165, 1.54) is 18.4 Å². The Morgan fingerprint density at radius 1 is 1.38 bits per heavy atom. The van der Waals surface area contributed by atoms with Gasteiger partial charge in [0.25, 0.3) is 0 Å². The zero-order valence-corrected chi connectivity index (χ0v) is 15.2. The summed E-state index contributed by atoms with van der Waals surface area (Å²) in [7, 11) is 3.26. The van der Waals surface area contributed by atoms with Gasteiger partial charge in [0, 0.05) is 28.9 Å². The van der Waals surface area contributed by atoms with Crippen LogP contribution in [0.15, 0.2) is 23.7 Å². The minimum absolute atomic E-state index is 0.214. The number of fused-ring (bicyclic) bond motifs is 1.